The Morgan fingerprint density at radius 1 is 1.21 bits per heavy atom. The van der Waals surface area contributed by atoms with Crippen LogP contribution < -0.4 is 5.73 Å². The molecule has 0 unspecified atom stereocenters. The summed E-state index contributed by atoms with van der Waals surface area (Å²) < 4.78 is 5.42. The Balaban J connectivity index is 1.99. The highest BCUT2D eigenvalue weighted by Gasteiger charge is 2.46. The third kappa shape index (κ3) is 1.69. The van der Waals surface area contributed by atoms with Gasteiger partial charge in [-0.15, -0.1) is 0 Å². The summed E-state index contributed by atoms with van der Waals surface area (Å²) in [6.07, 6.45) is 2.22. The van der Waals surface area contributed by atoms with Crippen molar-refractivity contribution in [2.75, 3.05) is 32.8 Å². The van der Waals surface area contributed by atoms with Crippen LogP contribution in [0.1, 0.15) is 26.7 Å². The Kier molecular flexibility index (Phi) is 2.58. The minimum atomic E-state index is 0.258. The third-order valence-corrected chi connectivity index (χ3v) is 3.71. The predicted octanol–water partition coefficient (Wildman–Crippen LogP) is 0.836. The molecular formula is C11H22N2O. The van der Waals surface area contributed by atoms with Gasteiger partial charge in [0.25, 0.3) is 0 Å². The summed E-state index contributed by atoms with van der Waals surface area (Å²) in [6, 6.07) is 0. The van der Waals surface area contributed by atoms with E-state index in [0.717, 1.165) is 32.6 Å². The molecule has 0 radical (unpaired) electrons. The molecule has 2 saturated heterocycles. The Morgan fingerprint density at radius 3 is 2.21 bits per heavy atom. The van der Waals surface area contributed by atoms with Gasteiger partial charge in [-0.05, 0) is 18.3 Å². The molecular weight excluding hydrogens is 176 g/mol. The molecule has 0 aromatic rings. The molecule has 2 aliphatic rings. The molecule has 0 aromatic heterocycles. The summed E-state index contributed by atoms with van der Waals surface area (Å²) in [5, 5.41) is 0. The zero-order chi connectivity index (χ0) is 10.2. The van der Waals surface area contributed by atoms with E-state index >= 15 is 0 Å². The van der Waals surface area contributed by atoms with Crippen molar-refractivity contribution in [3.63, 3.8) is 0 Å². The molecule has 0 bridgehead atoms. The lowest BCUT2D eigenvalue weighted by Crippen LogP contribution is -2.67. The average Bonchev–Trinajstić information content (AvgIpc) is 2.15. The van der Waals surface area contributed by atoms with Crippen LogP contribution in [-0.4, -0.2) is 43.3 Å². The molecule has 14 heavy (non-hydrogen) atoms. The molecule has 2 rings (SSSR count). The molecule has 2 N–H and O–H groups in total. The van der Waals surface area contributed by atoms with E-state index in [2.05, 4.69) is 18.7 Å². The lowest BCUT2D eigenvalue weighted by Gasteiger charge is -2.57. The minimum Gasteiger partial charge on any atom is -0.381 e. The van der Waals surface area contributed by atoms with E-state index in [9.17, 15) is 0 Å². The van der Waals surface area contributed by atoms with Crippen LogP contribution in [0.4, 0.5) is 0 Å². The van der Waals surface area contributed by atoms with Gasteiger partial charge in [-0.2, -0.15) is 0 Å². The van der Waals surface area contributed by atoms with Crippen LogP contribution in [0.2, 0.25) is 0 Å². The fourth-order valence-corrected chi connectivity index (χ4v) is 2.72. The number of rotatable bonds is 2. The molecule has 2 aliphatic heterocycles. The van der Waals surface area contributed by atoms with Crippen molar-refractivity contribution in [2.45, 2.75) is 32.2 Å². The number of nitrogens with two attached hydrogens (primary N) is 1. The molecule has 0 spiro atoms. The number of likely N-dealkylation sites (tertiary alicyclic amines) is 1. The van der Waals surface area contributed by atoms with Crippen LogP contribution in [0.25, 0.3) is 0 Å². The predicted molar refractivity (Wildman–Crippen MR) is 57.2 cm³/mol. The van der Waals surface area contributed by atoms with Crippen LogP contribution >= 0.6 is 0 Å². The van der Waals surface area contributed by atoms with Crippen molar-refractivity contribution in [1.29, 1.82) is 0 Å². The first-order valence-corrected chi connectivity index (χ1v) is 5.61. The van der Waals surface area contributed by atoms with Gasteiger partial charge in [0.05, 0.1) is 0 Å². The van der Waals surface area contributed by atoms with Crippen LogP contribution in [0.5, 0.6) is 0 Å². The smallest absolute Gasteiger partial charge is 0.0484 e. The summed E-state index contributed by atoms with van der Waals surface area (Å²) in [5.74, 6) is 0. The van der Waals surface area contributed by atoms with Gasteiger partial charge in [0.15, 0.2) is 0 Å². The summed E-state index contributed by atoms with van der Waals surface area (Å²) in [6.45, 7) is 9.60. The van der Waals surface area contributed by atoms with Gasteiger partial charge >= 0.3 is 0 Å². The van der Waals surface area contributed by atoms with Crippen molar-refractivity contribution in [3.8, 4) is 0 Å². The van der Waals surface area contributed by atoms with E-state index in [1.165, 1.54) is 13.1 Å². The average molecular weight is 198 g/mol. The molecule has 0 amide bonds. The second kappa shape index (κ2) is 3.47. The standard InChI is InChI=1S/C11H22N2O/c1-10(2)8-13(9-10)11(7-12)3-5-14-6-4-11/h3-9,12H2,1-2H3. The van der Waals surface area contributed by atoms with E-state index in [4.69, 9.17) is 10.5 Å². The minimum absolute atomic E-state index is 0.258. The fraction of sp³-hybridized carbons (Fsp3) is 1.00. The lowest BCUT2D eigenvalue weighted by atomic mass is 9.76. The Morgan fingerprint density at radius 2 is 1.79 bits per heavy atom. The zero-order valence-electron chi connectivity index (χ0n) is 9.38. The maximum Gasteiger partial charge on any atom is 0.0484 e. The molecule has 3 nitrogen and oxygen atoms in total. The Hall–Kier alpha value is -0.120. The van der Waals surface area contributed by atoms with Gasteiger partial charge in [0, 0.05) is 38.4 Å². The highest BCUT2D eigenvalue weighted by atomic mass is 16.5. The van der Waals surface area contributed by atoms with Crippen molar-refractivity contribution < 1.29 is 4.74 Å². The number of ether oxygens (including phenoxy) is 1. The van der Waals surface area contributed by atoms with Gasteiger partial charge in [0.2, 0.25) is 0 Å². The first-order chi connectivity index (χ1) is 6.58. The van der Waals surface area contributed by atoms with Gasteiger partial charge in [0.1, 0.15) is 0 Å². The SMILES string of the molecule is CC1(C)CN(C2(CN)CCOCC2)C1. The quantitative estimate of drug-likeness (QED) is 0.714. The molecule has 2 fully saturated rings. The van der Waals surface area contributed by atoms with E-state index in [1.54, 1.807) is 0 Å². The first kappa shape index (κ1) is 10.4. The van der Waals surface area contributed by atoms with Crippen molar-refractivity contribution in [3.05, 3.63) is 0 Å². The summed E-state index contributed by atoms with van der Waals surface area (Å²) in [7, 11) is 0. The monoisotopic (exact) mass is 198 g/mol. The zero-order valence-corrected chi connectivity index (χ0v) is 9.38. The maximum atomic E-state index is 5.94. The van der Waals surface area contributed by atoms with Crippen molar-refractivity contribution in [2.24, 2.45) is 11.1 Å². The molecule has 0 saturated carbocycles. The highest BCUT2D eigenvalue weighted by Crippen LogP contribution is 2.38. The number of hydrogen-bond donors (Lipinski definition) is 1. The molecule has 82 valence electrons. The van der Waals surface area contributed by atoms with Crippen LogP contribution in [0, 0.1) is 5.41 Å². The highest BCUT2D eigenvalue weighted by molar-refractivity contribution is 5.02. The van der Waals surface area contributed by atoms with Crippen molar-refractivity contribution in [1.82, 2.24) is 4.90 Å². The van der Waals surface area contributed by atoms with Gasteiger partial charge in [-0.25, -0.2) is 0 Å². The fourth-order valence-electron chi connectivity index (χ4n) is 2.72. The van der Waals surface area contributed by atoms with E-state index in [0.29, 0.717) is 5.41 Å². The topological polar surface area (TPSA) is 38.5 Å². The second-order valence-corrected chi connectivity index (χ2v) is 5.56. The van der Waals surface area contributed by atoms with E-state index < -0.39 is 0 Å². The summed E-state index contributed by atoms with van der Waals surface area (Å²) >= 11 is 0. The Bertz CT molecular complexity index is 201. The normalized spacial score (nSPS) is 31.1. The summed E-state index contributed by atoms with van der Waals surface area (Å²) in [5.41, 5.74) is 6.70. The summed E-state index contributed by atoms with van der Waals surface area (Å²) in [4.78, 5) is 2.56. The van der Waals surface area contributed by atoms with E-state index in [1.807, 2.05) is 0 Å². The number of nitrogens with zero attached hydrogens (tertiary/aromatic N) is 1. The lowest BCUT2D eigenvalue weighted by molar-refractivity contribution is -0.101. The van der Waals surface area contributed by atoms with Gasteiger partial charge in [-0.3, -0.25) is 4.90 Å². The molecule has 0 atom stereocenters. The maximum absolute atomic E-state index is 5.94. The van der Waals surface area contributed by atoms with Crippen molar-refractivity contribution >= 4 is 0 Å². The molecule has 2 heterocycles. The van der Waals surface area contributed by atoms with Gasteiger partial charge < -0.3 is 10.5 Å². The molecule has 0 aromatic carbocycles. The third-order valence-electron chi connectivity index (χ3n) is 3.71. The number of hydrogen-bond acceptors (Lipinski definition) is 3. The van der Waals surface area contributed by atoms with Crippen LogP contribution in [-0.2, 0) is 4.74 Å². The first-order valence-electron chi connectivity index (χ1n) is 5.61. The molecule has 0 aliphatic carbocycles. The van der Waals surface area contributed by atoms with Crippen LogP contribution in [0.3, 0.4) is 0 Å². The Labute approximate surface area is 86.6 Å². The second-order valence-electron chi connectivity index (χ2n) is 5.56. The van der Waals surface area contributed by atoms with Gasteiger partial charge in [-0.1, -0.05) is 13.8 Å². The van der Waals surface area contributed by atoms with Crippen LogP contribution in [0.15, 0.2) is 0 Å². The largest absolute Gasteiger partial charge is 0.381 e. The van der Waals surface area contributed by atoms with E-state index in [-0.39, 0.29) is 5.54 Å². The molecule has 3 heteroatoms.